The van der Waals surface area contributed by atoms with Gasteiger partial charge in [0.1, 0.15) is 0 Å². The first kappa shape index (κ1) is 9.47. The van der Waals surface area contributed by atoms with E-state index in [1.54, 1.807) is 0 Å². The third-order valence-corrected chi connectivity index (χ3v) is 3.81. The predicted molar refractivity (Wildman–Crippen MR) is 55.5 cm³/mol. The molecule has 0 aromatic carbocycles. The molecule has 2 nitrogen and oxygen atoms in total. The van der Waals surface area contributed by atoms with Crippen molar-refractivity contribution in [2.75, 3.05) is 13.1 Å². The zero-order chi connectivity index (χ0) is 9.26. The minimum Gasteiger partial charge on any atom is -0.327 e. The Labute approximate surface area is 81.3 Å². The molecule has 13 heavy (non-hydrogen) atoms. The minimum atomic E-state index is 0.476. The SMILES string of the molecule is CC1CC1CNCC1CCCC1N. The van der Waals surface area contributed by atoms with Crippen LogP contribution in [0.5, 0.6) is 0 Å². The molecule has 0 spiro atoms. The van der Waals surface area contributed by atoms with Crippen LogP contribution in [0.1, 0.15) is 32.6 Å². The lowest BCUT2D eigenvalue weighted by molar-refractivity contribution is 0.435. The van der Waals surface area contributed by atoms with E-state index in [2.05, 4.69) is 12.2 Å². The zero-order valence-electron chi connectivity index (χ0n) is 8.63. The molecule has 2 aliphatic carbocycles. The molecule has 2 fully saturated rings. The lowest BCUT2D eigenvalue weighted by Crippen LogP contribution is -2.33. The van der Waals surface area contributed by atoms with Crippen LogP contribution in [0.25, 0.3) is 0 Å². The fourth-order valence-corrected chi connectivity index (χ4v) is 2.46. The van der Waals surface area contributed by atoms with E-state index in [-0.39, 0.29) is 0 Å². The van der Waals surface area contributed by atoms with Crippen molar-refractivity contribution in [2.24, 2.45) is 23.5 Å². The van der Waals surface area contributed by atoms with E-state index >= 15 is 0 Å². The van der Waals surface area contributed by atoms with Crippen LogP contribution in [0.3, 0.4) is 0 Å². The number of hydrogen-bond donors (Lipinski definition) is 2. The van der Waals surface area contributed by atoms with Gasteiger partial charge in [0, 0.05) is 6.04 Å². The summed E-state index contributed by atoms with van der Waals surface area (Å²) in [6.45, 7) is 4.72. The van der Waals surface area contributed by atoms with Crippen LogP contribution in [0.2, 0.25) is 0 Å². The molecule has 2 aliphatic rings. The van der Waals surface area contributed by atoms with Gasteiger partial charge in [-0.15, -0.1) is 0 Å². The summed E-state index contributed by atoms with van der Waals surface area (Å²) in [6, 6.07) is 0.476. The molecule has 2 saturated carbocycles. The molecular weight excluding hydrogens is 160 g/mol. The molecule has 4 atom stereocenters. The Morgan fingerprint density at radius 1 is 1.23 bits per heavy atom. The Hall–Kier alpha value is -0.0800. The number of nitrogens with two attached hydrogens (primary N) is 1. The smallest absolute Gasteiger partial charge is 0.00792 e. The third-order valence-electron chi connectivity index (χ3n) is 3.81. The van der Waals surface area contributed by atoms with E-state index in [4.69, 9.17) is 5.73 Å². The van der Waals surface area contributed by atoms with Crippen molar-refractivity contribution in [1.82, 2.24) is 5.32 Å². The highest BCUT2D eigenvalue weighted by atomic mass is 14.9. The van der Waals surface area contributed by atoms with Gasteiger partial charge < -0.3 is 11.1 Å². The molecule has 0 bridgehead atoms. The molecule has 0 radical (unpaired) electrons. The van der Waals surface area contributed by atoms with Gasteiger partial charge in [-0.25, -0.2) is 0 Å². The monoisotopic (exact) mass is 182 g/mol. The van der Waals surface area contributed by atoms with Gasteiger partial charge in [0.05, 0.1) is 0 Å². The van der Waals surface area contributed by atoms with Crippen LogP contribution >= 0.6 is 0 Å². The van der Waals surface area contributed by atoms with E-state index in [1.807, 2.05) is 0 Å². The summed E-state index contributed by atoms with van der Waals surface area (Å²) in [5, 5.41) is 3.57. The van der Waals surface area contributed by atoms with Crippen molar-refractivity contribution in [2.45, 2.75) is 38.6 Å². The van der Waals surface area contributed by atoms with Crippen LogP contribution in [-0.4, -0.2) is 19.1 Å². The van der Waals surface area contributed by atoms with Crippen LogP contribution in [0.15, 0.2) is 0 Å². The maximum absolute atomic E-state index is 6.00. The molecule has 4 unspecified atom stereocenters. The van der Waals surface area contributed by atoms with Gasteiger partial charge in [0.25, 0.3) is 0 Å². The molecule has 0 amide bonds. The summed E-state index contributed by atoms with van der Waals surface area (Å²) < 4.78 is 0. The average Bonchev–Trinajstić information content (AvgIpc) is 2.63. The summed E-state index contributed by atoms with van der Waals surface area (Å²) in [5.41, 5.74) is 6.00. The van der Waals surface area contributed by atoms with Gasteiger partial charge in [-0.3, -0.25) is 0 Å². The van der Waals surface area contributed by atoms with Crippen LogP contribution in [-0.2, 0) is 0 Å². The topological polar surface area (TPSA) is 38.0 Å². The second-order valence-electron chi connectivity index (χ2n) is 4.99. The van der Waals surface area contributed by atoms with E-state index in [9.17, 15) is 0 Å². The normalized spacial score (nSPS) is 43.8. The van der Waals surface area contributed by atoms with Crippen molar-refractivity contribution in [1.29, 1.82) is 0 Å². The molecule has 0 aliphatic heterocycles. The molecule has 0 heterocycles. The summed E-state index contributed by atoms with van der Waals surface area (Å²) in [6.07, 6.45) is 5.36. The Balaban J connectivity index is 1.57. The van der Waals surface area contributed by atoms with E-state index in [1.165, 1.54) is 32.2 Å². The molecule has 76 valence electrons. The highest BCUT2D eigenvalue weighted by Gasteiger charge is 2.32. The molecular formula is C11H22N2. The Morgan fingerprint density at radius 3 is 2.46 bits per heavy atom. The number of nitrogens with one attached hydrogen (secondary N) is 1. The second kappa shape index (κ2) is 3.97. The van der Waals surface area contributed by atoms with Crippen LogP contribution < -0.4 is 11.1 Å². The van der Waals surface area contributed by atoms with Crippen molar-refractivity contribution in [3.05, 3.63) is 0 Å². The Morgan fingerprint density at radius 2 is 1.92 bits per heavy atom. The minimum absolute atomic E-state index is 0.476. The van der Waals surface area contributed by atoms with Crippen LogP contribution in [0.4, 0.5) is 0 Å². The average molecular weight is 182 g/mol. The fraction of sp³-hybridized carbons (Fsp3) is 1.00. The third kappa shape index (κ3) is 2.44. The van der Waals surface area contributed by atoms with E-state index in [0.29, 0.717) is 6.04 Å². The Kier molecular flexibility index (Phi) is 2.89. The predicted octanol–water partition coefficient (Wildman–Crippen LogP) is 1.36. The first-order valence-electron chi connectivity index (χ1n) is 5.73. The van der Waals surface area contributed by atoms with Gasteiger partial charge in [-0.05, 0) is 50.1 Å². The summed E-state index contributed by atoms with van der Waals surface area (Å²) in [4.78, 5) is 0. The van der Waals surface area contributed by atoms with Crippen molar-refractivity contribution < 1.29 is 0 Å². The van der Waals surface area contributed by atoms with Gasteiger partial charge in [0.2, 0.25) is 0 Å². The lowest BCUT2D eigenvalue weighted by Gasteiger charge is -2.15. The Bertz CT molecular complexity index is 169. The fourth-order valence-electron chi connectivity index (χ4n) is 2.46. The maximum Gasteiger partial charge on any atom is 0.00792 e. The van der Waals surface area contributed by atoms with Gasteiger partial charge in [-0.2, -0.15) is 0 Å². The molecule has 0 aromatic rings. The largest absolute Gasteiger partial charge is 0.327 e. The van der Waals surface area contributed by atoms with Crippen LogP contribution in [0, 0.1) is 17.8 Å². The number of rotatable bonds is 4. The van der Waals surface area contributed by atoms with Gasteiger partial charge >= 0.3 is 0 Å². The maximum atomic E-state index is 6.00. The molecule has 0 aromatic heterocycles. The standard InChI is InChI=1S/C11H22N2/c1-8-5-10(8)7-13-6-9-3-2-4-11(9)12/h8-11,13H,2-7,12H2,1H3. The molecule has 0 saturated heterocycles. The second-order valence-corrected chi connectivity index (χ2v) is 4.99. The highest BCUT2D eigenvalue weighted by molar-refractivity contribution is 4.86. The highest BCUT2D eigenvalue weighted by Crippen LogP contribution is 2.36. The van der Waals surface area contributed by atoms with Crippen molar-refractivity contribution >= 4 is 0 Å². The quantitative estimate of drug-likeness (QED) is 0.689. The summed E-state index contributed by atoms with van der Waals surface area (Å²) in [7, 11) is 0. The van der Waals surface area contributed by atoms with Gasteiger partial charge in [0.15, 0.2) is 0 Å². The number of hydrogen-bond acceptors (Lipinski definition) is 2. The summed E-state index contributed by atoms with van der Waals surface area (Å²) >= 11 is 0. The first-order valence-corrected chi connectivity index (χ1v) is 5.73. The van der Waals surface area contributed by atoms with Gasteiger partial charge in [-0.1, -0.05) is 13.3 Å². The van der Waals surface area contributed by atoms with Crippen molar-refractivity contribution in [3.63, 3.8) is 0 Å². The molecule has 2 rings (SSSR count). The van der Waals surface area contributed by atoms with E-state index in [0.717, 1.165) is 24.3 Å². The lowest BCUT2D eigenvalue weighted by atomic mass is 10.0. The first-order chi connectivity index (χ1) is 6.27. The summed E-state index contributed by atoms with van der Waals surface area (Å²) in [5.74, 6) is 2.71. The van der Waals surface area contributed by atoms with Crippen molar-refractivity contribution in [3.8, 4) is 0 Å². The molecule has 2 heteroatoms. The molecule has 3 N–H and O–H groups in total. The zero-order valence-corrected chi connectivity index (χ0v) is 8.63. The van der Waals surface area contributed by atoms with E-state index < -0.39 is 0 Å².